The Balaban J connectivity index is 2.22. The molecule has 15 heavy (non-hydrogen) atoms. The minimum absolute atomic E-state index is 0.365. The third kappa shape index (κ3) is 2.36. The predicted molar refractivity (Wildman–Crippen MR) is 60.7 cm³/mol. The van der Waals surface area contributed by atoms with Gasteiger partial charge in [-0.25, -0.2) is 4.98 Å². The van der Waals surface area contributed by atoms with Crippen LogP contribution in [0.25, 0.3) is 0 Å². The van der Waals surface area contributed by atoms with Crippen molar-refractivity contribution in [2.75, 3.05) is 30.8 Å². The summed E-state index contributed by atoms with van der Waals surface area (Å²) in [5, 5.41) is 3.06. The molecule has 1 aromatic heterocycles. The molecule has 2 rings (SSSR count). The predicted octanol–water partition coefficient (Wildman–Crippen LogP) is 0.378. The molecule has 1 aliphatic rings. The number of nitrogens with zero attached hydrogens (tertiary/aromatic N) is 3. The molecule has 0 atom stereocenters. The van der Waals surface area contributed by atoms with E-state index < -0.39 is 0 Å². The maximum absolute atomic E-state index is 5.68. The summed E-state index contributed by atoms with van der Waals surface area (Å²) in [6.07, 6.45) is 2.48. The van der Waals surface area contributed by atoms with Crippen LogP contribution in [0.4, 0.5) is 11.8 Å². The van der Waals surface area contributed by atoms with Gasteiger partial charge in [-0.05, 0) is 19.9 Å². The van der Waals surface area contributed by atoms with Crippen LogP contribution in [-0.4, -0.2) is 30.1 Å². The first-order valence-electron chi connectivity index (χ1n) is 5.32. The standard InChI is InChI=1S/C10H17N5/c1-12-7-8-6-9(14-10(11)13-8)15-4-2-3-5-15/h6,12H,2-5,7H2,1H3,(H2,11,13,14). The third-order valence-corrected chi connectivity index (χ3v) is 2.57. The van der Waals surface area contributed by atoms with E-state index in [0.717, 1.165) is 31.1 Å². The van der Waals surface area contributed by atoms with Crippen LogP contribution in [0, 0.1) is 0 Å². The molecule has 0 bridgehead atoms. The van der Waals surface area contributed by atoms with Gasteiger partial charge in [-0.3, -0.25) is 0 Å². The van der Waals surface area contributed by atoms with E-state index in [1.54, 1.807) is 0 Å². The van der Waals surface area contributed by atoms with Gasteiger partial charge < -0.3 is 16.0 Å². The topological polar surface area (TPSA) is 67.1 Å². The van der Waals surface area contributed by atoms with Crippen LogP contribution in [0.1, 0.15) is 18.5 Å². The third-order valence-electron chi connectivity index (χ3n) is 2.57. The van der Waals surface area contributed by atoms with Crippen LogP contribution in [0.3, 0.4) is 0 Å². The Bertz CT molecular complexity index is 333. The number of anilines is 2. The van der Waals surface area contributed by atoms with Gasteiger partial charge in [0.25, 0.3) is 0 Å². The van der Waals surface area contributed by atoms with Gasteiger partial charge in [-0.2, -0.15) is 4.98 Å². The molecule has 0 spiro atoms. The largest absolute Gasteiger partial charge is 0.368 e. The van der Waals surface area contributed by atoms with Gasteiger partial charge in [0.1, 0.15) is 5.82 Å². The van der Waals surface area contributed by atoms with Crippen molar-refractivity contribution in [1.82, 2.24) is 15.3 Å². The van der Waals surface area contributed by atoms with Crippen LogP contribution in [0.2, 0.25) is 0 Å². The van der Waals surface area contributed by atoms with Crippen molar-refractivity contribution < 1.29 is 0 Å². The smallest absolute Gasteiger partial charge is 0.222 e. The van der Waals surface area contributed by atoms with Crippen LogP contribution < -0.4 is 16.0 Å². The highest BCUT2D eigenvalue weighted by atomic mass is 15.2. The van der Waals surface area contributed by atoms with Crippen molar-refractivity contribution in [3.8, 4) is 0 Å². The number of nitrogens with two attached hydrogens (primary N) is 1. The summed E-state index contributed by atoms with van der Waals surface area (Å²) in [4.78, 5) is 10.7. The lowest BCUT2D eigenvalue weighted by Gasteiger charge is -2.17. The molecule has 0 amide bonds. The Morgan fingerprint density at radius 2 is 2.13 bits per heavy atom. The van der Waals surface area contributed by atoms with Gasteiger partial charge in [0.15, 0.2) is 0 Å². The lowest BCUT2D eigenvalue weighted by Crippen LogP contribution is -2.21. The Morgan fingerprint density at radius 1 is 1.40 bits per heavy atom. The van der Waals surface area contributed by atoms with Gasteiger partial charge in [-0.15, -0.1) is 0 Å². The van der Waals surface area contributed by atoms with E-state index in [9.17, 15) is 0 Å². The van der Waals surface area contributed by atoms with E-state index in [-0.39, 0.29) is 0 Å². The fourth-order valence-corrected chi connectivity index (χ4v) is 1.88. The Labute approximate surface area is 89.7 Å². The summed E-state index contributed by atoms with van der Waals surface area (Å²) in [5.41, 5.74) is 6.63. The second-order valence-corrected chi connectivity index (χ2v) is 3.80. The van der Waals surface area contributed by atoms with E-state index in [1.807, 2.05) is 13.1 Å². The van der Waals surface area contributed by atoms with Crippen LogP contribution in [0.15, 0.2) is 6.07 Å². The average molecular weight is 207 g/mol. The lowest BCUT2D eigenvalue weighted by atomic mass is 10.3. The van der Waals surface area contributed by atoms with Gasteiger partial charge in [0.05, 0.1) is 5.69 Å². The van der Waals surface area contributed by atoms with Crippen LogP contribution in [-0.2, 0) is 6.54 Å². The molecular formula is C10H17N5. The normalized spacial score (nSPS) is 15.9. The first-order chi connectivity index (χ1) is 7.29. The molecule has 1 aliphatic heterocycles. The van der Waals surface area contributed by atoms with Crippen LogP contribution in [0.5, 0.6) is 0 Å². The highest BCUT2D eigenvalue weighted by Crippen LogP contribution is 2.19. The van der Waals surface area contributed by atoms with Crippen molar-refractivity contribution >= 4 is 11.8 Å². The average Bonchev–Trinajstić information content (AvgIpc) is 2.70. The number of aromatic nitrogens is 2. The Morgan fingerprint density at radius 3 is 2.80 bits per heavy atom. The first kappa shape index (κ1) is 10.2. The maximum atomic E-state index is 5.68. The molecule has 82 valence electrons. The first-order valence-corrected chi connectivity index (χ1v) is 5.32. The molecule has 1 saturated heterocycles. The number of nitrogen functional groups attached to an aromatic ring is 1. The van der Waals surface area contributed by atoms with E-state index in [4.69, 9.17) is 5.73 Å². The fourth-order valence-electron chi connectivity index (χ4n) is 1.88. The summed E-state index contributed by atoms with van der Waals surface area (Å²) in [6, 6.07) is 2.01. The number of hydrogen-bond donors (Lipinski definition) is 2. The summed E-state index contributed by atoms with van der Waals surface area (Å²) in [5.74, 6) is 1.33. The molecule has 3 N–H and O–H groups in total. The van der Waals surface area contributed by atoms with Gasteiger partial charge in [-0.1, -0.05) is 0 Å². The van der Waals surface area contributed by atoms with Gasteiger partial charge >= 0.3 is 0 Å². The lowest BCUT2D eigenvalue weighted by molar-refractivity contribution is 0.784. The second-order valence-electron chi connectivity index (χ2n) is 3.80. The number of hydrogen-bond acceptors (Lipinski definition) is 5. The van der Waals surface area contributed by atoms with Crippen molar-refractivity contribution in [1.29, 1.82) is 0 Å². The molecule has 5 nitrogen and oxygen atoms in total. The molecule has 0 saturated carbocycles. The summed E-state index contributed by atoms with van der Waals surface area (Å²) < 4.78 is 0. The summed E-state index contributed by atoms with van der Waals surface area (Å²) in [7, 11) is 1.90. The monoisotopic (exact) mass is 207 g/mol. The molecule has 0 aliphatic carbocycles. The molecule has 5 heteroatoms. The van der Waals surface area contributed by atoms with Crippen molar-refractivity contribution in [2.45, 2.75) is 19.4 Å². The molecule has 0 unspecified atom stereocenters. The zero-order valence-electron chi connectivity index (χ0n) is 9.03. The highest BCUT2D eigenvalue weighted by Gasteiger charge is 2.14. The number of nitrogens with one attached hydrogen (secondary N) is 1. The molecule has 1 aromatic rings. The molecular weight excluding hydrogens is 190 g/mol. The Kier molecular flexibility index (Phi) is 3.01. The molecule has 0 radical (unpaired) electrons. The summed E-state index contributed by atoms with van der Waals surface area (Å²) in [6.45, 7) is 2.89. The van der Waals surface area contributed by atoms with Gasteiger partial charge in [0, 0.05) is 25.7 Å². The van der Waals surface area contributed by atoms with Crippen LogP contribution >= 0.6 is 0 Å². The minimum atomic E-state index is 0.365. The van der Waals surface area contributed by atoms with Crippen molar-refractivity contribution in [3.63, 3.8) is 0 Å². The molecule has 1 fully saturated rings. The Hall–Kier alpha value is -1.36. The van der Waals surface area contributed by atoms with E-state index in [1.165, 1.54) is 12.8 Å². The maximum Gasteiger partial charge on any atom is 0.222 e. The minimum Gasteiger partial charge on any atom is -0.368 e. The fraction of sp³-hybridized carbons (Fsp3) is 0.600. The molecule has 0 aromatic carbocycles. The van der Waals surface area contributed by atoms with Crippen molar-refractivity contribution in [3.05, 3.63) is 11.8 Å². The van der Waals surface area contributed by atoms with E-state index >= 15 is 0 Å². The quantitative estimate of drug-likeness (QED) is 0.750. The van der Waals surface area contributed by atoms with E-state index in [0.29, 0.717) is 5.95 Å². The van der Waals surface area contributed by atoms with Crippen molar-refractivity contribution in [2.24, 2.45) is 0 Å². The second kappa shape index (κ2) is 4.44. The number of rotatable bonds is 3. The van der Waals surface area contributed by atoms with Gasteiger partial charge in [0.2, 0.25) is 5.95 Å². The highest BCUT2D eigenvalue weighted by molar-refractivity contribution is 5.44. The SMILES string of the molecule is CNCc1cc(N2CCCC2)nc(N)n1. The van der Waals surface area contributed by atoms with E-state index in [2.05, 4.69) is 20.2 Å². The summed E-state index contributed by atoms with van der Waals surface area (Å²) >= 11 is 0. The zero-order valence-corrected chi connectivity index (χ0v) is 9.03. The zero-order chi connectivity index (χ0) is 10.7. The molecule has 2 heterocycles.